The number of halogens is 2. The number of aromatic nitrogens is 2. The maximum atomic E-state index is 12.6. The molecule has 0 atom stereocenters. The van der Waals surface area contributed by atoms with Crippen LogP contribution in [0.3, 0.4) is 0 Å². The minimum Gasteiger partial charge on any atom is -0.293 e. The van der Waals surface area contributed by atoms with Gasteiger partial charge in [0, 0.05) is 17.2 Å². The maximum absolute atomic E-state index is 12.6. The number of hydrogen-bond donors (Lipinski definition) is 1. The Hall–Kier alpha value is -2.97. The van der Waals surface area contributed by atoms with Gasteiger partial charge in [0.1, 0.15) is 5.69 Å². The van der Waals surface area contributed by atoms with E-state index in [0.29, 0.717) is 16.4 Å². The van der Waals surface area contributed by atoms with E-state index in [-0.39, 0.29) is 22.1 Å². The van der Waals surface area contributed by atoms with E-state index in [9.17, 15) is 14.9 Å². The summed E-state index contributed by atoms with van der Waals surface area (Å²) in [5.74, 6) is 0. The number of nitro groups is 1. The lowest BCUT2D eigenvalue weighted by molar-refractivity contribution is -0.384. The van der Waals surface area contributed by atoms with Crippen LogP contribution in [-0.4, -0.2) is 14.7 Å². The van der Waals surface area contributed by atoms with Crippen LogP contribution in [0.2, 0.25) is 10.0 Å². The van der Waals surface area contributed by atoms with Crippen LogP contribution in [0.25, 0.3) is 5.69 Å². The predicted octanol–water partition coefficient (Wildman–Crippen LogP) is 5.10. The van der Waals surface area contributed by atoms with Crippen LogP contribution in [0, 0.1) is 17.0 Å². The van der Waals surface area contributed by atoms with Crippen LogP contribution in [0.1, 0.15) is 5.69 Å². The third kappa shape index (κ3) is 3.51. The standard InChI is InChI=1S/C16H11Cl2N5O3/c1-9-15(16(24)22(21-9)11-4-2-3-10(17)7-11)20-19-14-8-12(23(25)26)5-6-13(14)18/h2-8,21H,1H3. The fourth-order valence-corrected chi connectivity index (χ4v) is 2.59. The zero-order chi connectivity index (χ0) is 18.8. The molecule has 0 unspecified atom stereocenters. The van der Waals surface area contributed by atoms with Crippen molar-refractivity contribution in [2.75, 3.05) is 0 Å². The molecule has 132 valence electrons. The lowest BCUT2D eigenvalue weighted by atomic mass is 10.3. The van der Waals surface area contributed by atoms with Gasteiger partial charge in [-0.05, 0) is 31.2 Å². The molecule has 0 fully saturated rings. The summed E-state index contributed by atoms with van der Waals surface area (Å²) in [6.07, 6.45) is 0. The van der Waals surface area contributed by atoms with Crippen LogP contribution in [0.15, 0.2) is 57.5 Å². The van der Waals surface area contributed by atoms with Gasteiger partial charge in [-0.15, -0.1) is 10.2 Å². The van der Waals surface area contributed by atoms with Gasteiger partial charge in [0.2, 0.25) is 0 Å². The monoisotopic (exact) mass is 391 g/mol. The SMILES string of the molecule is Cc1[nH]n(-c2cccc(Cl)c2)c(=O)c1N=Nc1cc([N+](=O)[O-])ccc1Cl. The van der Waals surface area contributed by atoms with E-state index in [4.69, 9.17) is 23.2 Å². The zero-order valence-electron chi connectivity index (χ0n) is 13.3. The molecule has 3 rings (SSSR count). The van der Waals surface area contributed by atoms with E-state index in [1.165, 1.54) is 22.9 Å². The number of aromatic amines is 1. The number of nitrogens with zero attached hydrogens (tertiary/aromatic N) is 4. The van der Waals surface area contributed by atoms with Gasteiger partial charge in [0.05, 0.1) is 21.3 Å². The van der Waals surface area contributed by atoms with Crippen LogP contribution in [-0.2, 0) is 0 Å². The molecule has 0 spiro atoms. The lowest BCUT2D eigenvalue weighted by Crippen LogP contribution is -2.13. The van der Waals surface area contributed by atoms with Gasteiger partial charge in [-0.1, -0.05) is 29.3 Å². The summed E-state index contributed by atoms with van der Waals surface area (Å²) < 4.78 is 1.28. The zero-order valence-corrected chi connectivity index (χ0v) is 14.8. The van der Waals surface area contributed by atoms with Gasteiger partial charge in [0.15, 0.2) is 5.69 Å². The molecule has 3 aromatic rings. The maximum Gasteiger partial charge on any atom is 0.299 e. The van der Waals surface area contributed by atoms with Crippen molar-refractivity contribution in [3.05, 3.63) is 78.7 Å². The molecule has 1 N–H and O–H groups in total. The van der Waals surface area contributed by atoms with Gasteiger partial charge >= 0.3 is 0 Å². The molecule has 10 heteroatoms. The topological polar surface area (TPSA) is 106 Å². The smallest absolute Gasteiger partial charge is 0.293 e. The molecule has 2 aromatic carbocycles. The number of non-ortho nitro benzene ring substituents is 1. The summed E-state index contributed by atoms with van der Waals surface area (Å²) in [5.41, 5.74) is 0.559. The molecular formula is C16H11Cl2N5O3. The molecule has 0 radical (unpaired) electrons. The van der Waals surface area contributed by atoms with Gasteiger partial charge in [-0.25, -0.2) is 4.68 Å². The van der Waals surface area contributed by atoms with Crippen LogP contribution >= 0.6 is 23.2 Å². The van der Waals surface area contributed by atoms with Crippen LogP contribution in [0.4, 0.5) is 17.1 Å². The van der Waals surface area contributed by atoms with Crippen molar-refractivity contribution in [3.8, 4) is 5.69 Å². The highest BCUT2D eigenvalue weighted by molar-refractivity contribution is 6.33. The van der Waals surface area contributed by atoms with Crippen molar-refractivity contribution in [1.29, 1.82) is 0 Å². The summed E-state index contributed by atoms with van der Waals surface area (Å²) in [6.45, 7) is 1.66. The third-order valence-corrected chi connectivity index (χ3v) is 4.06. The molecule has 0 amide bonds. The second-order valence-corrected chi connectivity index (χ2v) is 6.14. The molecule has 0 aliphatic carbocycles. The Morgan fingerprint density at radius 3 is 2.62 bits per heavy atom. The van der Waals surface area contributed by atoms with Crippen molar-refractivity contribution in [3.63, 3.8) is 0 Å². The van der Waals surface area contributed by atoms with E-state index in [0.717, 1.165) is 0 Å². The Bertz CT molecular complexity index is 1090. The highest BCUT2D eigenvalue weighted by Crippen LogP contribution is 2.30. The Morgan fingerprint density at radius 1 is 1.15 bits per heavy atom. The van der Waals surface area contributed by atoms with Gasteiger partial charge in [-0.2, -0.15) is 0 Å². The summed E-state index contributed by atoms with van der Waals surface area (Å²) >= 11 is 11.9. The Kier molecular flexibility index (Phi) is 4.88. The average Bonchev–Trinajstić information content (AvgIpc) is 2.88. The van der Waals surface area contributed by atoms with Crippen molar-refractivity contribution < 1.29 is 4.92 Å². The van der Waals surface area contributed by atoms with Crippen molar-refractivity contribution in [2.45, 2.75) is 6.92 Å². The average molecular weight is 392 g/mol. The Labute approximate surface area is 156 Å². The fourth-order valence-electron chi connectivity index (χ4n) is 2.25. The second kappa shape index (κ2) is 7.11. The van der Waals surface area contributed by atoms with E-state index >= 15 is 0 Å². The minimum absolute atomic E-state index is 0.0625. The first kappa shape index (κ1) is 17.8. The van der Waals surface area contributed by atoms with E-state index < -0.39 is 10.5 Å². The van der Waals surface area contributed by atoms with Crippen molar-refractivity contribution in [1.82, 2.24) is 9.78 Å². The molecule has 0 saturated heterocycles. The summed E-state index contributed by atoms with van der Waals surface area (Å²) in [4.78, 5) is 22.9. The van der Waals surface area contributed by atoms with Gasteiger partial charge < -0.3 is 0 Å². The summed E-state index contributed by atoms with van der Waals surface area (Å²) in [7, 11) is 0. The largest absolute Gasteiger partial charge is 0.299 e. The molecule has 1 heterocycles. The third-order valence-electron chi connectivity index (χ3n) is 3.51. The quantitative estimate of drug-likeness (QED) is 0.379. The lowest BCUT2D eigenvalue weighted by Gasteiger charge is -2.00. The number of nitro benzene ring substituents is 1. The predicted molar refractivity (Wildman–Crippen MR) is 98.4 cm³/mol. The number of hydrogen-bond acceptors (Lipinski definition) is 5. The highest BCUT2D eigenvalue weighted by Gasteiger charge is 2.14. The molecule has 0 aliphatic heterocycles. The minimum atomic E-state index is -0.566. The van der Waals surface area contributed by atoms with Crippen LogP contribution in [0.5, 0.6) is 0 Å². The van der Waals surface area contributed by atoms with Gasteiger partial charge in [-0.3, -0.25) is 20.0 Å². The molecule has 0 bridgehead atoms. The number of H-pyrrole nitrogens is 1. The molecule has 1 aromatic heterocycles. The first-order valence-corrected chi connectivity index (χ1v) is 8.05. The molecule has 8 nitrogen and oxygen atoms in total. The highest BCUT2D eigenvalue weighted by atomic mass is 35.5. The normalized spacial score (nSPS) is 11.2. The second-order valence-electron chi connectivity index (χ2n) is 5.30. The van der Waals surface area contributed by atoms with Crippen molar-refractivity contribution in [2.24, 2.45) is 10.2 Å². The number of aryl methyl sites for hydroxylation is 1. The molecule has 0 saturated carbocycles. The van der Waals surface area contributed by atoms with Gasteiger partial charge in [0.25, 0.3) is 11.2 Å². The first-order chi connectivity index (χ1) is 12.4. The fraction of sp³-hybridized carbons (Fsp3) is 0.0625. The number of benzene rings is 2. The first-order valence-electron chi connectivity index (χ1n) is 7.30. The number of azo groups is 1. The summed E-state index contributed by atoms with van der Waals surface area (Å²) in [5, 5.41) is 22.2. The summed E-state index contributed by atoms with van der Waals surface area (Å²) in [6, 6.07) is 10.5. The molecular weight excluding hydrogens is 381 g/mol. The van der Waals surface area contributed by atoms with Crippen LogP contribution < -0.4 is 5.56 Å². The van der Waals surface area contributed by atoms with E-state index in [1.54, 1.807) is 31.2 Å². The Morgan fingerprint density at radius 2 is 1.92 bits per heavy atom. The molecule has 26 heavy (non-hydrogen) atoms. The number of nitrogens with one attached hydrogen (secondary N) is 1. The van der Waals surface area contributed by atoms with E-state index in [2.05, 4.69) is 15.3 Å². The number of rotatable bonds is 4. The molecule has 0 aliphatic rings. The van der Waals surface area contributed by atoms with E-state index in [1.807, 2.05) is 0 Å². The van der Waals surface area contributed by atoms with Crippen molar-refractivity contribution >= 4 is 40.3 Å². The Balaban J connectivity index is 2.02.